The first-order valence-electron chi connectivity index (χ1n) is 9.17. The number of thioether (sulfide) groups is 1. The smallest absolute Gasteiger partial charge is 0.257 e. The summed E-state index contributed by atoms with van der Waals surface area (Å²) in [6.45, 7) is 0. The number of aromatic nitrogens is 2. The first-order chi connectivity index (χ1) is 14.5. The first kappa shape index (κ1) is 19.8. The molecule has 1 aliphatic heterocycles. The first-order valence-corrected chi connectivity index (χ1v) is 10.2. The molecule has 2 amide bonds. The molecule has 0 bridgehead atoms. The Morgan fingerprint density at radius 3 is 2.60 bits per heavy atom. The molecule has 1 aromatic heterocycles. The van der Waals surface area contributed by atoms with Crippen molar-refractivity contribution in [3.8, 4) is 0 Å². The Labute approximate surface area is 175 Å². The van der Waals surface area contributed by atoms with Crippen LogP contribution in [0.5, 0.6) is 0 Å². The van der Waals surface area contributed by atoms with Gasteiger partial charge >= 0.3 is 0 Å². The van der Waals surface area contributed by atoms with Crippen LogP contribution in [-0.2, 0) is 15.3 Å². The second kappa shape index (κ2) is 8.50. The van der Waals surface area contributed by atoms with Crippen LogP contribution in [-0.4, -0.2) is 21.8 Å². The normalized spacial score (nSPS) is 15.2. The van der Waals surface area contributed by atoms with Gasteiger partial charge in [0.25, 0.3) is 5.56 Å². The van der Waals surface area contributed by atoms with E-state index in [2.05, 4.69) is 20.6 Å². The summed E-state index contributed by atoms with van der Waals surface area (Å²) in [5.41, 5.74) is 1.08. The third kappa shape index (κ3) is 4.41. The second-order valence-corrected chi connectivity index (χ2v) is 7.67. The van der Waals surface area contributed by atoms with E-state index in [9.17, 15) is 18.8 Å². The van der Waals surface area contributed by atoms with E-state index in [1.54, 1.807) is 36.4 Å². The highest BCUT2D eigenvalue weighted by atomic mass is 32.2. The molecule has 2 aromatic carbocycles. The van der Waals surface area contributed by atoms with Crippen molar-refractivity contribution >= 4 is 35.1 Å². The number of aromatic amines is 1. The van der Waals surface area contributed by atoms with Crippen LogP contribution in [0.2, 0.25) is 0 Å². The molecule has 0 unspecified atom stereocenters. The Hall–Kier alpha value is -3.46. The molecular formula is C21H17FN4O3S. The second-order valence-electron chi connectivity index (χ2n) is 6.71. The van der Waals surface area contributed by atoms with Gasteiger partial charge in [0.05, 0.1) is 11.5 Å². The molecule has 1 atom stereocenters. The molecule has 3 N–H and O–H groups in total. The van der Waals surface area contributed by atoms with Crippen molar-refractivity contribution in [3.63, 3.8) is 0 Å². The lowest BCUT2D eigenvalue weighted by Gasteiger charge is -2.23. The van der Waals surface area contributed by atoms with Crippen LogP contribution in [0.4, 0.5) is 15.9 Å². The predicted molar refractivity (Wildman–Crippen MR) is 112 cm³/mol. The van der Waals surface area contributed by atoms with Gasteiger partial charge in [-0.15, -0.1) is 0 Å². The van der Waals surface area contributed by atoms with E-state index in [-0.39, 0.29) is 29.5 Å². The zero-order valence-corrected chi connectivity index (χ0v) is 16.5. The summed E-state index contributed by atoms with van der Waals surface area (Å²) in [6.07, 6.45) is -0.140. The van der Waals surface area contributed by atoms with Crippen LogP contribution < -0.4 is 16.2 Å². The number of halogens is 1. The van der Waals surface area contributed by atoms with Crippen molar-refractivity contribution in [3.05, 3.63) is 81.9 Å². The van der Waals surface area contributed by atoms with Gasteiger partial charge < -0.3 is 15.6 Å². The number of H-pyrrole nitrogens is 1. The molecule has 2 heterocycles. The molecule has 9 heteroatoms. The minimum absolute atomic E-state index is 0.0878. The van der Waals surface area contributed by atoms with Gasteiger partial charge in [0, 0.05) is 17.9 Å². The van der Waals surface area contributed by atoms with Crippen molar-refractivity contribution in [1.82, 2.24) is 9.97 Å². The fourth-order valence-electron chi connectivity index (χ4n) is 3.13. The SMILES string of the molecule is O=C1C[C@H](C(=O)Nc2ccccc2)c2c(nc(SCc3ccc(F)cc3)[nH]c2=O)N1. The molecule has 7 nitrogen and oxygen atoms in total. The van der Waals surface area contributed by atoms with Gasteiger partial charge in [-0.25, -0.2) is 9.37 Å². The van der Waals surface area contributed by atoms with E-state index in [0.29, 0.717) is 16.6 Å². The molecule has 3 aromatic rings. The molecule has 0 fully saturated rings. The minimum atomic E-state index is -0.943. The molecular weight excluding hydrogens is 407 g/mol. The van der Waals surface area contributed by atoms with Crippen LogP contribution in [0.15, 0.2) is 64.5 Å². The number of carbonyl (C=O) groups is 2. The Balaban J connectivity index is 1.57. The maximum atomic E-state index is 13.0. The Morgan fingerprint density at radius 2 is 1.87 bits per heavy atom. The molecule has 0 spiro atoms. The summed E-state index contributed by atoms with van der Waals surface area (Å²) in [5, 5.41) is 5.61. The minimum Gasteiger partial charge on any atom is -0.326 e. The maximum Gasteiger partial charge on any atom is 0.257 e. The zero-order valence-electron chi connectivity index (χ0n) is 15.6. The van der Waals surface area contributed by atoms with Crippen molar-refractivity contribution in [1.29, 1.82) is 0 Å². The highest BCUT2D eigenvalue weighted by molar-refractivity contribution is 7.98. The molecule has 152 valence electrons. The third-order valence-electron chi connectivity index (χ3n) is 4.58. The lowest BCUT2D eigenvalue weighted by atomic mass is 9.92. The van der Waals surface area contributed by atoms with Gasteiger partial charge in [0.15, 0.2) is 5.16 Å². The number of nitrogens with one attached hydrogen (secondary N) is 3. The number of hydrogen-bond donors (Lipinski definition) is 3. The van der Waals surface area contributed by atoms with E-state index in [1.807, 2.05) is 6.07 Å². The zero-order chi connectivity index (χ0) is 21.1. The Morgan fingerprint density at radius 1 is 1.13 bits per heavy atom. The number of fused-ring (bicyclic) bond motifs is 1. The fraction of sp³-hybridized carbons (Fsp3) is 0.143. The van der Waals surface area contributed by atoms with E-state index in [4.69, 9.17) is 0 Å². The molecule has 0 aliphatic carbocycles. The van der Waals surface area contributed by atoms with Crippen LogP contribution in [0.25, 0.3) is 0 Å². The Kier molecular flexibility index (Phi) is 5.62. The molecule has 1 aliphatic rings. The Bertz CT molecular complexity index is 1150. The molecule has 0 saturated heterocycles. The average Bonchev–Trinajstić information content (AvgIpc) is 2.73. The summed E-state index contributed by atoms with van der Waals surface area (Å²) in [6, 6.07) is 14.8. The molecule has 0 saturated carbocycles. The van der Waals surface area contributed by atoms with E-state index in [1.165, 1.54) is 23.9 Å². The standard InChI is InChI=1S/C21H17FN4O3S/c22-13-8-6-12(7-9-13)11-30-21-25-18-17(20(29)26-21)15(10-16(27)24-18)19(28)23-14-4-2-1-3-5-14/h1-9,15H,10-11H2,(H,23,28)(H2,24,25,26,27,29)/t15-/m0/s1. The lowest BCUT2D eigenvalue weighted by Crippen LogP contribution is -2.36. The quantitative estimate of drug-likeness (QED) is 0.431. The number of benzene rings is 2. The van der Waals surface area contributed by atoms with E-state index < -0.39 is 17.4 Å². The van der Waals surface area contributed by atoms with Crippen molar-refractivity contribution in [2.45, 2.75) is 23.2 Å². The number of rotatable bonds is 5. The summed E-state index contributed by atoms with van der Waals surface area (Å²) in [7, 11) is 0. The van der Waals surface area contributed by atoms with Gasteiger partial charge in [0.1, 0.15) is 11.6 Å². The van der Waals surface area contributed by atoms with Gasteiger partial charge in [0.2, 0.25) is 11.8 Å². The van der Waals surface area contributed by atoms with Crippen molar-refractivity contribution in [2.24, 2.45) is 0 Å². The highest BCUT2D eigenvalue weighted by Crippen LogP contribution is 2.31. The molecule has 0 radical (unpaired) electrons. The number of hydrogen-bond acceptors (Lipinski definition) is 5. The van der Waals surface area contributed by atoms with Gasteiger partial charge in [-0.05, 0) is 29.8 Å². The van der Waals surface area contributed by atoms with Gasteiger partial charge in [-0.1, -0.05) is 42.1 Å². The van der Waals surface area contributed by atoms with E-state index in [0.717, 1.165) is 5.56 Å². The number of para-hydroxylation sites is 1. The number of carbonyl (C=O) groups excluding carboxylic acids is 2. The topological polar surface area (TPSA) is 104 Å². The third-order valence-corrected chi connectivity index (χ3v) is 5.52. The number of amides is 2. The highest BCUT2D eigenvalue weighted by Gasteiger charge is 2.34. The molecule has 4 rings (SSSR count). The molecule has 30 heavy (non-hydrogen) atoms. The monoisotopic (exact) mass is 424 g/mol. The van der Waals surface area contributed by atoms with Crippen molar-refractivity contribution in [2.75, 3.05) is 10.6 Å². The average molecular weight is 424 g/mol. The summed E-state index contributed by atoms with van der Waals surface area (Å²) in [5.74, 6) is -1.56. The largest absolute Gasteiger partial charge is 0.326 e. The van der Waals surface area contributed by atoms with Crippen LogP contribution in [0.1, 0.15) is 23.5 Å². The number of nitrogens with zero attached hydrogens (tertiary/aromatic N) is 1. The van der Waals surface area contributed by atoms with Gasteiger partial charge in [-0.2, -0.15) is 0 Å². The number of anilines is 2. The fourth-order valence-corrected chi connectivity index (χ4v) is 3.94. The van der Waals surface area contributed by atoms with Crippen LogP contribution in [0, 0.1) is 5.82 Å². The maximum absolute atomic E-state index is 13.0. The summed E-state index contributed by atoms with van der Waals surface area (Å²) >= 11 is 1.24. The van der Waals surface area contributed by atoms with E-state index >= 15 is 0 Å². The van der Waals surface area contributed by atoms with Crippen LogP contribution >= 0.6 is 11.8 Å². The van der Waals surface area contributed by atoms with Crippen molar-refractivity contribution < 1.29 is 14.0 Å². The van der Waals surface area contributed by atoms with Crippen LogP contribution in [0.3, 0.4) is 0 Å². The summed E-state index contributed by atoms with van der Waals surface area (Å²) < 4.78 is 13.0. The summed E-state index contributed by atoms with van der Waals surface area (Å²) in [4.78, 5) is 44.6. The lowest BCUT2D eigenvalue weighted by molar-refractivity contribution is -0.123. The predicted octanol–water partition coefficient (Wildman–Crippen LogP) is 3.27. The van der Waals surface area contributed by atoms with Gasteiger partial charge in [-0.3, -0.25) is 14.4 Å².